The van der Waals surface area contributed by atoms with Gasteiger partial charge in [0.25, 0.3) is 11.6 Å². The standard InChI is InChI=1S/C14H11FN2O4/c15-11-5-10(6-12(7-11)17(20)21)14(19)16-8-9-1-3-13(18)4-2-9/h1-7,18H,8H2,(H,16,19). The van der Waals surface area contributed by atoms with E-state index in [0.717, 1.165) is 23.8 Å². The van der Waals surface area contributed by atoms with E-state index in [9.17, 15) is 19.3 Å². The Morgan fingerprint density at radius 2 is 1.90 bits per heavy atom. The number of nitro benzene ring substituents is 1. The average molecular weight is 290 g/mol. The molecule has 0 aromatic heterocycles. The van der Waals surface area contributed by atoms with E-state index >= 15 is 0 Å². The normalized spacial score (nSPS) is 10.1. The van der Waals surface area contributed by atoms with Crippen molar-refractivity contribution in [2.24, 2.45) is 0 Å². The molecule has 0 aliphatic carbocycles. The molecule has 0 bridgehead atoms. The van der Waals surface area contributed by atoms with E-state index in [1.54, 1.807) is 12.1 Å². The maximum Gasteiger partial charge on any atom is 0.273 e. The van der Waals surface area contributed by atoms with E-state index in [1.165, 1.54) is 12.1 Å². The van der Waals surface area contributed by atoms with Crippen LogP contribution in [0, 0.1) is 15.9 Å². The first-order valence-corrected chi connectivity index (χ1v) is 5.97. The van der Waals surface area contributed by atoms with Crippen molar-refractivity contribution in [2.45, 2.75) is 6.54 Å². The number of carbonyl (C=O) groups excluding carboxylic acids is 1. The van der Waals surface area contributed by atoms with Gasteiger partial charge in [0.15, 0.2) is 0 Å². The predicted octanol–water partition coefficient (Wildman–Crippen LogP) is 2.37. The van der Waals surface area contributed by atoms with Crippen LogP contribution in [0.4, 0.5) is 10.1 Å². The lowest BCUT2D eigenvalue weighted by Crippen LogP contribution is -2.23. The van der Waals surface area contributed by atoms with Crippen LogP contribution in [0.2, 0.25) is 0 Å². The third kappa shape index (κ3) is 3.75. The summed E-state index contributed by atoms with van der Waals surface area (Å²) in [7, 11) is 0. The Morgan fingerprint density at radius 3 is 2.52 bits per heavy atom. The molecule has 0 aliphatic rings. The van der Waals surface area contributed by atoms with Crippen molar-refractivity contribution in [3.8, 4) is 5.75 Å². The second-order valence-corrected chi connectivity index (χ2v) is 4.30. The lowest BCUT2D eigenvalue weighted by atomic mass is 10.1. The minimum Gasteiger partial charge on any atom is -0.508 e. The molecule has 7 heteroatoms. The van der Waals surface area contributed by atoms with Gasteiger partial charge in [0.1, 0.15) is 11.6 Å². The van der Waals surface area contributed by atoms with Crippen molar-refractivity contribution < 1.29 is 19.2 Å². The Bertz CT molecular complexity index is 686. The zero-order valence-corrected chi connectivity index (χ0v) is 10.7. The number of amides is 1. The number of benzene rings is 2. The number of carbonyl (C=O) groups is 1. The molecule has 2 rings (SSSR count). The monoisotopic (exact) mass is 290 g/mol. The lowest BCUT2D eigenvalue weighted by Gasteiger charge is -2.06. The summed E-state index contributed by atoms with van der Waals surface area (Å²) < 4.78 is 13.2. The lowest BCUT2D eigenvalue weighted by molar-refractivity contribution is -0.385. The fourth-order valence-electron chi connectivity index (χ4n) is 1.71. The summed E-state index contributed by atoms with van der Waals surface area (Å²) in [6, 6.07) is 8.85. The number of rotatable bonds is 4. The van der Waals surface area contributed by atoms with Crippen molar-refractivity contribution in [3.05, 3.63) is 69.5 Å². The first kappa shape index (κ1) is 14.4. The molecular formula is C14H11FN2O4. The van der Waals surface area contributed by atoms with Crippen LogP contribution in [0.15, 0.2) is 42.5 Å². The Labute approximate surface area is 119 Å². The van der Waals surface area contributed by atoms with Crippen LogP contribution >= 0.6 is 0 Å². The highest BCUT2D eigenvalue weighted by molar-refractivity contribution is 5.94. The number of aromatic hydroxyl groups is 1. The van der Waals surface area contributed by atoms with Gasteiger partial charge in [-0.05, 0) is 23.8 Å². The Morgan fingerprint density at radius 1 is 1.24 bits per heavy atom. The molecule has 0 spiro atoms. The van der Waals surface area contributed by atoms with Gasteiger partial charge in [-0.15, -0.1) is 0 Å². The van der Waals surface area contributed by atoms with Crippen molar-refractivity contribution in [3.63, 3.8) is 0 Å². The van der Waals surface area contributed by atoms with Gasteiger partial charge in [-0.3, -0.25) is 14.9 Å². The minimum absolute atomic E-state index is 0.103. The molecule has 0 aliphatic heterocycles. The number of non-ortho nitro benzene ring substituents is 1. The summed E-state index contributed by atoms with van der Waals surface area (Å²) >= 11 is 0. The van der Waals surface area contributed by atoms with Gasteiger partial charge in [-0.2, -0.15) is 0 Å². The Kier molecular flexibility index (Phi) is 4.13. The van der Waals surface area contributed by atoms with Crippen molar-refractivity contribution in [1.82, 2.24) is 5.32 Å². The van der Waals surface area contributed by atoms with Gasteiger partial charge in [0.2, 0.25) is 0 Å². The molecule has 0 unspecified atom stereocenters. The van der Waals surface area contributed by atoms with E-state index in [1.807, 2.05) is 0 Å². The van der Waals surface area contributed by atoms with Gasteiger partial charge < -0.3 is 10.4 Å². The smallest absolute Gasteiger partial charge is 0.273 e. The van der Waals surface area contributed by atoms with Crippen LogP contribution in [-0.4, -0.2) is 15.9 Å². The maximum absolute atomic E-state index is 13.2. The molecule has 0 radical (unpaired) electrons. The number of nitro groups is 1. The van der Waals surface area contributed by atoms with Gasteiger partial charge in [0, 0.05) is 18.2 Å². The average Bonchev–Trinajstić information content (AvgIpc) is 2.45. The summed E-state index contributed by atoms with van der Waals surface area (Å²) in [5.74, 6) is -1.37. The molecule has 0 saturated carbocycles. The van der Waals surface area contributed by atoms with Crippen molar-refractivity contribution in [2.75, 3.05) is 0 Å². The van der Waals surface area contributed by atoms with Gasteiger partial charge in [-0.1, -0.05) is 12.1 Å². The number of phenols is 1. The third-order valence-electron chi connectivity index (χ3n) is 2.74. The van der Waals surface area contributed by atoms with Crippen LogP contribution in [0.1, 0.15) is 15.9 Å². The van der Waals surface area contributed by atoms with Crippen LogP contribution < -0.4 is 5.32 Å². The van der Waals surface area contributed by atoms with Crippen LogP contribution in [-0.2, 0) is 6.54 Å². The highest BCUT2D eigenvalue weighted by atomic mass is 19.1. The molecule has 0 saturated heterocycles. The number of nitrogens with one attached hydrogen (secondary N) is 1. The quantitative estimate of drug-likeness (QED) is 0.668. The topological polar surface area (TPSA) is 92.5 Å². The third-order valence-corrected chi connectivity index (χ3v) is 2.74. The largest absolute Gasteiger partial charge is 0.508 e. The molecule has 21 heavy (non-hydrogen) atoms. The van der Waals surface area contributed by atoms with Crippen LogP contribution in [0.3, 0.4) is 0 Å². The molecule has 108 valence electrons. The molecule has 0 atom stereocenters. The molecule has 0 fully saturated rings. The van der Waals surface area contributed by atoms with E-state index in [4.69, 9.17) is 5.11 Å². The molecule has 2 aromatic carbocycles. The van der Waals surface area contributed by atoms with E-state index < -0.39 is 22.3 Å². The Balaban J connectivity index is 2.09. The minimum atomic E-state index is -0.848. The number of hydrogen-bond acceptors (Lipinski definition) is 4. The SMILES string of the molecule is O=C(NCc1ccc(O)cc1)c1cc(F)cc([N+](=O)[O-])c1. The Hall–Kier alpha value is -2.96. The number of hydrogen-bond donors (Lipinski definition) is 2. The zero-order chi connectivity index (χ0) is 15.4. The first-order valence-electron chi connectivity index (χ1n) is 5.97. The number of halogens is 1. The summed E-state index contributed by atoms with van der Waals surface area (Å²) in [4.78, 5) is 21.7. The molecule has 0 heterocycles. The summed E-state index contributed by atoms with van der Waals surface area (Å²) in [5, 5.41) is 22.3. The summed E-state index contributed by atoms with van der Waals surface area (Å²) in [6.07, 6.45) is 0. The number of phenolic OH excluding ortho intramolecular Hbond substituents is 1. The van der Waals surface area contributed by atoms with E-state index in [-0.39, 0.29) is 17.9 Å². The number of nitrogens with zero attached hydrogens (tertiary/aromatic N) is 1. The fourth-order valence-corrected chi connectivity index (χ4v) is 1.71. The van der Waals surface area contributed by atoms with Gasteiger partial charge in [0.05, 0.1) is 11.0 Å². The maximum atomic E-state index is 13.2. The van der Waals surface area contributed by atoms with Crippen molar-refractivity contribution >= 4 is 11.6 Å². The molecule has 6 nitrogen and oxygen atoms in total. The van der Waals surface area contributed by atoms with Gasteiger partial charge in [-0.25, -0.2) is 4.39 Å². The molecule has 2 aromatic rings. The van der Waals surface area contributed by atoms with Crippen molar-refractivity contribution in [1.29, 1.82) is 0 Å². The molecule has 1 amide bonds. The highest BCUT2D eigenvalue weighted by Crippen LogP contribution is 2.16. The van der Waals surface area contributed by atoms with Crippen LogP contribution in [0.5, 0.6) is 5.75 Å². The van der Waals surface area contributed by atoms with Crippen LogP contribution in [0.25, 0.3) is 0 Å². The molecule has 2 N–H and O–H groups in total. The van der Waals surface area contributed by atoms with E-state index in [0.29, 0.717) is 0 Å². The molecular weight excluding hydrogens is 279 g/mol. The summed E-state index contributed by atoms with van der Waals surface area (Å²) in [5.41, 5.74) is 0.123. The first-order chi connectivity index (χ1) is 9.95. The second-order valence-electron chi connectivity index (χ2n) is 4.30. The zero-order valence-electron chi connectivity index (χ0n) is 10.7. The van der Waals surface area contributed by atoms with Gasteiger partial charge >= 0.3 is 0 Å². The van der Waals surface area contributed by atoms with E-state index in [2.05, 4.69) is 5.32 Å². The predicted molar refractivity (Wildman–Crippen MR) is 72.3 cm³/mol. The highest BCUT2D eigenvalue weighted by Gasteiger charge is 2.14. The second kappa shape index (κ2) is 6.00. The fraction of sp³-hybridized carbons (Fsp3) is 0.0714. The summed E-state index contributed by atoms with van der Waals surface area (Å²) in [6.45, 7) is 0.156.